The molecule has 2 amide bonds. The average Bonchev–Trinajstić information content (AvgIpc) is 3.04. The Morgan fingerprint density at radius 1 is 1.03 bits per heavy atom. The summed E-state index contributed by atoms with van der Waals surface area (Å²) in [4.78, 5) is 24.7. The number of nitrogens with one attached hydrogen (secondary N) is 2. The van der Waals surface area contributed by atoms with Crippen LogP contribution in [0, 0.1) is 20.8 Å². The molecular weight excluding hydrogens is 368 g/mol. The highest BCUT2D eigenvalue weighted by Crippen LogP contribution is 2.16. The molecule has 29 heavy (non-hydrogen) atoms. The first-order chi connectivity index (χ1) is 13.8. The Morgan fingerprint density at radius 2 is 1.72 bits per heavy atom. The Balaban J connectivity index is 1.61. The molecule has 0 spiro atoms. The van der Waals surface area contributed by atoms with E-state index in [1.54, 1.807) is 0 Å². The molecule has 2 aromatic carbocycles. The number of rotatable bonds is 6. The summed E-state index contributed by atoms with van der Waals surface area (Å²) in [5, 5.41) is 13.2. The van der Waals surface area contributed by atoms with Crippen molar-refractivity contribution in [2.45, 2.75) is 33.9 Å². The maximum atomic E-state index is 12.4. The van der Waals surface area contributed by atoms with Gasteiger partial charge in [0.05, 0.1) is 0 Å². The fourth-order valence-corrected chi connectivity index (χ4v) is 2.85. The first kappa shape index (κ1) is 20.1. The maximum Gasteiger partial charge on any atom is 0.275 e. The van der Waals surface area contributed by atoms with E-state index < -0.39 is 5.91 Å². The van der Waals surface area contributed by atoms with Crippen LogP contribution in [0.5, 0.6) is 0 Å². The zero-order valence-corrected chi connectivity index (χ0v) is 16.7. The largest absolute Gasteiger partial charge is 0.382 e. The number of hydrogen-bond acceptors (Lipinski definition) is 5. The summed E-state index contributed by atoms with van der Waals surface area (Å²) in [7, 11) is 0. The molecule has 3 aromatic rings. The van der Waals surface area contributed by atoms with Crippen molar-refractivity contribution in [1.82, 2.24) is 20.3 Å². The van der Waals surface area contributed by atoms with Crippen molar-refractivity contribution in [2.75, 3.05) is 11.1 Å². The van der Waals surface area contributed by atoms with Crippen molar-refractivity contribution in [3.8, 4) is 0 Å². The summed E-state index contributed by atoms with van der Waals surface area (Å²) in [6, 6.07) is 13.6. The van der Waals surface area contributed by atoms with E-state index in [0.717, 1.165) is 27.9 Å². The second-order valence-corrected chi connectivity index (χ2v) is 7.02. The van der Waals surface area contributed by atoms with Crippen molar-refractivity contribution in [2.24, 2.45) is 0 Å². The van der Waals surface area contributed by atoms with Crippen molar-refractivity contribution >= 4 is 23.3 Å². The number of nitrogens with two attached hydrogens (primary N) is 1. The van der Waals surface area contributed by atoms with Crippen molar-refractivity contribution in [1.29, 1.82) is 0 Å². The van der Waals surface area contributed by atoms with Gasteiger partial charge in [-0.15, -0.1) is 5.10 Å². The predicted molar refractivity (Wildman–Crippen MR) is 111 cm³/mol. The van der Waals surface area contributed by atoms with Crippen LogP contribution >= 0.6 is 0 Å². The lowest BCUT2D eigenvalue weighted by molar-refractivity contribution is -0.116. The zero-order valence-electron chi connectivity index (χ0n) is 16.7. The molecule has 8 heteroatoms. The highest BCUT2D eigenvalue weighted by atomic mass is 16.2. The Bertz CT molecular complexity index is 1040. The van der Waals surface area contributed by atoms with Crippen LogP contribution in [-0.2, 0) is 17.9 Å². The van der Waals surface area contributed by atoms with Gasteiger partial charge in [-0.2, -0.15) is 0 Å². The molecule has 0 aliphatic rings. The molecule has 8 nitrogen and oxygen atoms in total. The third-order valence-electron chi connectivity index (χ3n) is 4.51. The number of aryl methyl sites for hydroxylation is 3. The minimum atomic E-state index is -0.441. The lowest BCUT2D eigenvalue weighted by atomic mass is 10.1. The minimum absolute atomic E-state index is 0.00331. The molecule has 0 atom stereocenters. The standard InChI is InChI=1S/C21H24N6O2/c1-13-4-7-16(8-5-13)11-23-21(29)19-20(22)27(26-25-19)12-18(28)24-17-9-6-14(2)10-15(17)3/h4-10H,11-12,22H2,1-3H3,(H,23,29)(H,24,28). The quantitative estimate of drug-likeness (QED) is 0.596. The van der Waals surface area contributed by atoms with Gasteiger partial charge in [0.15, 0.2) is 11.5 Å². The van der Waals surface area contributed by atoms with E-state index in [2.05, 4.69) is 20.9 Å². The van der Waals surface area contributed by atoms with Crippen LogP contribution < -0.4 is 16.4 Å². The molecule has 0 unspecified atom stereocenters. The summed E-state index contributed by atoms with van der Waals surface area (Å²) >= 11 is 0. The maximum absolute atomic E-state index is 12.4. The Morgan fingerprint density at radius 3 is 2.41 bits per heavy atom. The number of amides is 2. The topological polar surface area (TPSA) is 115 Å². The lowest BCUT2D eigenvalue weighted by Gasteiger charge is -2.09. The zero-order chi connectivity index (χ0) is 21.0. The molecular formula is C21H24N6O2. The second kappa shape index (κ2) is 8.55. The van der Waals surface area contributed by atoms with E-state index in [-0.39, 0.29) is 24.0 Å². The molecule has 0 aliphatic heterocycles. The third kappa shape index (κ3) is 4.98. The van der Waals surface area contributed by atoms with Gasteiger partial charge in [0.1, 0.15) is 6.54 Å². The van der Waals surface area contributed by atoms with Gasteiger partial charge in [0.25, 0.3) is 5.91 Å². The fraction of sp³-hybridized carbons (Fsp3) is 0.238. The van der Waals surface area contributed by atoms with Gasteiger partial charge in [0, 0.05) is 12.2 Å². The molecule has 150 valence electrons. The number of hydrogen-bond donors (Lipinski definition) is 3. The van der Waals surface area contributed by atoms with Gasteiger partial charge in [-0.1, -0.05) is 52.7 Å². The van der Waals surface area contributed by atoms with Crippen LogP contribution in [0.2, 0.25) is 0 Å². The molecule has 1 aromatic heterocycles. The molecule has 4 N–H and O–H groups in total. The molecule has 0 aliphatic carbocycles. The Kier molecular flexibility index (Phi) is 5.92. The number of nitrogen functional groups attached to an aromatic ring is 1. The van der Waals surface area contributed by atoms with Crippen LogP contribution in [0.1, 0.15) is 32.7 Å². The van der Waals surface area contributed by atoms with Crippen LogP contribution in [-0.4, -0.2) is 26.8 Å². The SMILES string of the molecule is Cc1ccc(CNC(=O)c2nnn(CC(=O)Nc3ccc(C)cc3C)c2N)cc1. The highest BCUT2D eigenvalue weighted by molar-refractivity contribution is 5.97. The average molecular weight is 392 g/mol. The van der Waals surface area contributed by atoms with Crippen LogP contribution in [0.15, 0.2) is 42.5 Å². The number of benzene rings is 2. The molecule has 0 radical (unpaired) electrons. The number of aromatic nitrogens is 3. The first-order valence-corrected chi connectivity index (χ1v) is 9.23. The number of anilines is 2. The van der Waals surface area contributed by atoms with Gasteiger partial charge in [0.2, 0.25) is 5.91 Å². The molecule has 0 fully saturated rings. The van der Waals surface area contributed by atoms with Gasteiger partial charge in [-0.3, -0.25) is 9.59 Å². The molecule has 0 bridgehead atoms. The summed E-state index contributed by atoms with van der Waals surface area (Å²) < 4.78 is 1.21. The second-order valence-electron chi connectivity index (χ2n) is 7.02. The van der Waals surface area contributed by atoms with Gasteiger partial charge < -0.3 is 16.4 Å². The van der Waals surface area contributed by atoms with E-state index in [4.69, 9.17) is 5.73 Å². The van der Waals surface area contributed by atoms with Crippen LogP contribution in [0.4, 0.5) is 11.5 Å². The summed E-state index contributed by atoms with van der Waals surface area (Å²) in [5.41, 5.74) is 10.9. The minimum Gasteiger partial charge on any atom is -0.382 e. The van der Waals surface area contributed by atoms with E-state index in [0.29, 0.717) is 6.54 Å². The Labute approximate surface area is 169 Å². The van der Waals surface area contributed by atoms with Crippen LogP contribution in [0.3, 0.4) is 0 Å². The van der Waals surface area contributed by atoms with E-state index in [1.165, 1.54) is 4.68 Å². The van der Waals surface area contributed by atoms with Crippen molar-refractivity contribution < 1.29 is 9.59 Å². The molecule has 0 saturated heterocycles. The summed E-state index contributed by atoms with van der Waals surface area (Å²) in [6.45, 7) is 6.11. The highest BCUT2D eigenvalue weighted by Gasteiger charge is 2.19. The molecule has 0 saturated carbocycles. The fourth-order valence-electron chi connectivity index (χ4n) is 2.85. The first-order valence-electron chi connectivity index (χ1n) is 9.23. The third-order valence-corrected chi connectivity index (χ3v) is 4.51. The van der Waals surface area contributed by atoms with E-state index in [1.807, 2.05) is 63.2 Å². The van der Waals surface area contributed by atoms with E-state index >= 15 is 0 Å². The van der Waals surface area contributed by atoms with E-state index in [9.17, 15) is 9.59 Å². The normalized spacial score (nSPS) is 10.6. The molecule has 3 rings (SSSR count). The predicted octanol–water partition coefficient (Wildman–Crippen LogP) is 2.35. The molecule has 1 heterocycles. The monoisotopic (exact) mass is 392 g/mol. The Hall–Kier alpha value is -3.68. The lowest BCUT2D eigenvalue weighted by Crippen LogP contribution is -2.25. The number of carbonyl (C=O) groups excluding carboxylic acids is 2. The number of carbonyl (C=O) groups is 2. The van der Waals surface area contributed by atoms with Crippen molar-refractivity contribution in [3.63, 3.8) is 0 Å². The number of nitrogens with zero attached hydrogens (tertiary/aromatic N) is 3. The smallest absolute Gasteiger partial charge is 0.275 e. The summed E-state index contributed by atoms with van der Waals surface area (Å²) in [6.07, 6.45) is 0. The van der Waals surface area contributed by atoms with Crippen molar-refractivity contribution in [3.05, 3.63) is 70.4 Å². The summed E-state index contributed by atoms with van der Waals surface area (Å²) in [5.74, 6) is -0.702. The van der Waals surface area contributed by atoms with Gasteiger partial charge in [-0.25, -0.2) is 4.68 Å². The van der Waals surface area contributed by atoms with Gasteiger partial charge in [-0.05, 0) is 38.0 Å². The van der Waals surface area contributed by atoms with Gasteiger partial charge >= 0.3 is 0 Å². The van der Waals surface area contributed by atoms with Crippen LogP contribution in [0.25, 0.3) is 0 Å².